The van der Waals surface area contributed by atoms with Crippen molar-refractivity contribution in [3.05, 3.63) is 22.8 Å². The molecular formula is C11H17BrN2S. The second kappa shape index (κ2) is 5.87. The Kier molecular flexibility index (Phi) is 5.09. The summed E-state index contributed by atoms with van der Waals surface area (Å²) in [7, 11) is 0. The molecule has 0 fully saturated rings. The zero-order valence-corrected chi connectivity index (χ0v) is 11.8. The van der Waals surface area contributed by atoms with Crippen molar-refractivity contribution in [1.29, 1.82) is 0 Å². The Hall–Kier alpha value is -0.0600. The van der Waals surface area contributed by atoms with Crippen molar-refractivity contribution in [2.75, 3.05) is 12.3 Å². The van der Waals surface area contributed by atoms with Gasteiger partial charge in [0.25, 0.3) is 0 Å². The van der Waals surface area contributed by atoms with Crippen LogP contribution in [-0.4, -0.2) is 22.8 Å². The van der Waals surface area contributed by atoms with Gasteiger partial charge in [0.1, 0.15) is 5.03 Å². The van der Waals surface area contributed by atoms with Crippen LogP contribution in [0.25, 0.3) is 0 Å². The molecule has 15 heavy (non-hydrogen) atoms. The Morgan fingerprint density at radius 3 is 2.80 bits per heavy atom. The lowest BCUT2D eigenvalue weighted by Gasteiger charge is -2.20. The lowest BCUT2D eigenvalue weighted by atomic mass is 10.1. The Morgan fingerprint density at radius 2 is 2.20 bits per heavy atom. The van der Waals surface area contributed by atoms with E-state index in [1.54, 1.807) is 11.8 Å². The third kappa shape index (κ3) is 5.54. The number of hydrogen-bond donors (Lipinski definition) is 1. The smallest absolute Gasteiger partial charge is 0.110 e. The van der Waals surface area contributed by atoms with Crippen molar-refractivity contribution in [2.24, 2.45) is 0 Å². The molecule has 0 aliphatic carbocycles. The third-order valence-electron chi connectivity index (χ3n) is 1.72. The summed E-state index contributed by atoms with van der Waals surface area (Å²) in [6, 6.07) is 3.95. The first-order valence-electron chi connectivity index (χ1n) is 4.97. The molecule has 84 valence electrons. The van der Waals surface area contributed by atoms with Crippen LogP contribution < -0.4 is 5.32 Å². The molecule has 1 N–H and O–H groups in total. The predicted molar refractivity (Wildman–Crippen MR) is 70.4 cm³/mol. The van der Waals surface area contributed by atoms with Crippen LogP contribution in [0.15, 0.2) is 27.8 Å². The van der Waals surface area contributed by atoms with Crippen LogP contribution in [0.4, 0.5) is 0 Å². The Balaban J connectivity index is 2.30. The van der Waals surface area contributed by atoms with Gasteiger partial charge in [0, 0.05) is 28.5 Å². The normalized spacial score (nSPS) is 11.7. The lowest BCUT2D eigenvalue weighted by Crippen LogP contribution is -2.37. The highest BCUT2D eigenvalue weighted by atomic mass is 79.9. The standard InChI is InChI=1S/C11H17BrN2S/c1-11(2,3)14-7-8-15-10-9(12)5-4-6-13-10/h4-6,14H,7-8H2,1-3H3. The number of pyridine rings is 1. The quantitative estimate of drug-likeness (QED) is 0.680. The van der Waals surface area contributed by atoms with Gasteiger partial charge in [-0.25, -0.2) is 4.98 Å². The van der Waals surface area contributed by atoms with Crippen molar-refractivity contribution in [2.45, 2.75) is 31.3 Å². The molecule has 0 aliphatic heterocycles. The van der Waals surface area contributed by atoms with Crippen LogP contribution in [-0.2, 0) is 0 Å². The molecule has 0 radical (unpaired) electrons. The van der Waals surface area contributed by atoms with Gasteiger partial charge >= 0.3 is 0 Å². The second-order valence-corrected chi connectivity index (χ2v) is 6.25. The molecule has 2 nitrogen and oxygen atoms in total. The monoisotopic (exact) mass is 288 g/mol. The summed E-state index contributed by atoms with van der Waals surface area (Å²) < 4.78 is 1.07. The van der Waals surface area contributed by atoms with Crippen LogP contribution in [0, 0.1) is 0 Å². The number of rotatable bonds is 4. The minimum atomic E-state index is 0.196. The predicted octanol–water partition coefficient (Wildman–Crippen LogP) is 3.32. The van der Waals surface area contributed by atoms with Crippen molar-refractivity contribution in [3.8, 4) is 0 Å². The maximum atomic E-state index is 4.30. The van der Waals surface area contributed by atoms with E-state index in [4.69, 9.17) is 0 Å². The van der Waals surface area contributed by atoms with Crippen molar-refractivity contribution in [3.63, 3.8) is 0 Å². The van der Waals surface area contributed by atoms with Crippen LogP contribution >= 0.6 is 27.7 Å². The topological polar surface area (TPSA) is 24.9 Å². The number of nitrogens with one attached hydrogen (secondary N) is 1. The highest BCUT2D eigenvalue weighted by Crippen LogP contribution is 2.23. The van der Waals surface area contributed by atoms with E-state index in [1.807, 2.05) is 18.3 Å². The second-order valence-electron chi connectivity index (χ2n) is 4.32. The number of halogens is 1. The summed E-state index contributed by atoms with van der Waals surface area (Å²) in [6.45, 7) is 7.52. The molecule has 0 saturated carbocycles. The van der Waals surface area contributed by atoms with E-state index in [1.165, 1.54) is 0 Å². The van der Waals surface area contributed by atoms with Crippen LogP contribution in [0.1, 0.15) is 20.8 Å². The van der Waals surface area contributed by atoms with E-state index in [0.717, 1.165) is 21.8 Å². The van der Waals surface area contributed by atoms with Gasteiger partial charge in [-0.3, -0.25) is 0 Å². The minimum absolute atomic E-state index is 0.196. The van der Waals surface area contributed by atoms with E-state index in [0.29, 0.717) is 0 Å². The summed E-state index contributed by atoms with van der Waals surface area (Å²) in [5.74, 6) is 1.03. The Morgan fingerprint density at radius 1 is 1.47 bits per heavy atom. The number of nitrogens with zero attached hydrogens (tertiary/aromatic N) is 1. The molecule has 0 aromatic carbocycles. The van der Waals surface area contributed by atoms with Crippen molar-refractivity contribution in [1.82, 2.24) is 10.3 Å². The molecule has 0 aliphatic rings. The average Bonchev–Trinajstić information content (AvgIpc) is 2.13. The fraction of sp³-hybridized carbons (Fsp3) is 0.545. The summed E-state index contributed by atoms with van der Waals surface area (Å²) in [6.07, 6.45) is 1.82. The molecule has 0 atom stereocenters. The van der Waals surface area contributed by atoms with E-state index >= 15 is 0 Å². The fourth-order valence-electron chi connectivity index (χ4n) is 1.05. The molecule has 1 heterocycles. The SMILES string of the molecule is CC(C)(C)NCCSc1ncccc1Br. The van der Waals surface area contributed by atoms with Gasteiger partial charge in [0.2, 0.25) is 0 Å². The summed E-state index contributed by atoms with van der Waals surface area (Å²) >= 11 is 5.25. The lowest BCUT2D eigenvalue weighted by molar-refractivity contribution is 0.441. The molecule has 0 saturated heterocycles. The number of thioether (sulfide) groups is 1. The first-order valence-corrected chi connectivity index (χ1v) is 6.75. The molecule has 1 rings (SSSR count). The number of hydrogen-bond acceptors (Lipinski definition) is 3. The fourth-order valence-corrected chi connectivity index (χ4v) is 2.39. The summed E-state index contributed by atoms with van der Waals surface area (Å²) in [5.41, 5.74) is 0.196. The van der Waals surface area contributed by atoms with Crippen molar-refractivity contribution < 1.29 is 0 Å². The highest BCUT2D eigenvalue weighted by molar-refractivity contribution is 9.10. The van der Waals surface area contributed by atoms with Crippen LogP contribution in [0.5, 0.6) is 0 Å². The van der Waals surface area contributed by atoms with Gasteiger partial charge in [-0.15, -0.1) is 11.8 Å². The maximum Gasteiger partial charge on any atom is 0.110 e. The summed E-state index contributed by atoms with van der Waals surface area (Å²) in [4.78, 5) is 4.30. The van der Waals surface area contributed by atoms with Gasteiger partial charge in [0.15, 0.2) is 0 Å². The Bertz CT molecular complexity index is 310. The molecule has 1 aromatic heterocycles. The molecule has 0 spiro atoms. The minimum Gasteiger partial charge on any atom is -0.311 e. The zero-order chi connectivity index (χ0) is 11.3. The molecule has 1 aromatic rings. The molecule has 0 unspecified atom stereocenters. The van der Waals surface area contributed by atoms with Gasteiger partial charge in [-0.1, -0.05) is 0 Å². The highest BCUT2D eigenvalue weighted by Gasteiger charge is 2.08. The molecule has 4 heteroatoms. The molecular weight excluding hydrogens is 272 g/mol. The van der Waals surface area contributed by atoms with E-state index in [-0.39, 0.29) is 5.54 Å². The van der Waals surface area contributed by atoms with Gasteiger partial charge in [-0.05, 0) is 48.8 Å². The molecule has 0 bridgehead atoms. The first kappa shape index (κ1) is 13.0. The third-order valence-corrected chi connectivity index (χ3v) is 3.63. The van der Waals surface area contributed by atoms with Crippen molar-refractivity contribution >= 4 is 27.7 Å². The van der Waals surface area contributed by atoms with E-state index in [9.17, 15) is 0 Å². The first-order chi connectivity index (χ1) is 6.99. The van der Waals surface area contributed by atoms with E-state index < -0.39 is 0 Å². The average molecular weight is 289 g/mol. The maximum absolute atomic E-state index is 4.30. The van der Waals surface area contributed by atoms with Crippen LogP contribution in [0.3, 0.4) is 0 Å². The van der Waals surface area contributed by atoms with E-state index in [2.05, 4.69) is 47.0 Å². The van der Waals surface area contributed by atoms with Crippen LogP contribution in [0.2, 0.25) is 0 Å². The van der Waals surface area contributed by atoms with Gasteiger partial charge < -0.3 is 5.32 Å². The molecule has 0 amide bonds. The summed E-state index contributed by atoms with van der Waals surface area (Å²) in [5, 5.41) is 4.51. The van der Waals surface area contributed by atoms with Gasteiger partial charge in [-0.2, -0.15) is 0 Å². The number of aromatic nitrogens is 1. The largest absolute Gasteiger partial charge is 0.311 e. The van der Waals surface area contributed by atoms with Gasteiger partial charge in [0.05, 0.1) is 0 Å². The zero-order valence-electron chi connectivity index (χ0n) is 9.38. The Labute approximate surface area is 104 Å².